The molecule has 1 amide bonds. The molecule has 8 nitrogen and oxygen atoms in total. The molecule has 0 unspecified atom stereocenters. The second kappa shape index (κ2) is 8.56. The fourth-order valence-corrected chi connectivity index (χ4v) is 2.54. The van der Waals surface area contributed by atoms with Gasteiger partial charge in [0.2, 0.25) is 5.76 Å². The van der Waals surface area contributed by atoms with Crippen molar-refractivity contribution in [1.29, 1.82) is 0 Å². The molecule has 1 aromatic heterocycles. The van der Waals surface area contributed by atoms with E-state index in [9.17, 15) is 24.1 Å². The van der Waals surface area contributed by atoms with Crippen molar-refractivity contribution in [2.75, 3.05) is 5.32 Å². The Balaban J connectivity index is 1.63. The molecule has 0 aliphatic rings. The van der Waals surface area contributed by atoms with Crippen LogP contribution in [0.1, 0.15) is 23.0 Å². The predicted octanol–water partition coefficient (Wildman–Crippen LogP) is 4.49. The SMILES string of the molecule is Cc1ccc(NC(=O)[C@H](C)OC(=O)c2ccc(-c3ccc([N+](=O)[O-])cc3)o2)cc1F. The number of carbonyl (C=O) groups excluding carboxylic acids is 2. The molecule has 0 aliphatic carbocycles. The molecule has 3 rings (SSSR count). The van der Waals surface area contributed by atoms with Gasteiger partial charge in [-0.15, -0.1) is 0 Å². The Kier molecular flexibility index (Phi) is 5.91. The highest BCUT2D eigenvalue weighted by molar-refractivity contribution is 5.96. The summed E-state index contributed by atoms with van der Waals surface area (Å²) in [6, 6.07) is 12.7. The summed E-state index contributed by atoms with van der Waals surface area (Å²) in [5.41, 5.74) is 1.14. The maximum Gasteiger partial charge on any atom is 0.375 e. The number of nitro benzene ring substituents is 1. The third-order valence-electron chi connectivity index (χ3n) is 4.26. The number of anilines is 1. The molecule has 0 bridgehead atoms. The lowest BCUT2D eigenvalue weighted by Gasteiger charge is -2.13. The quantitative estimate of drug-likeness (QED) is 0.363. The highest BCUT2D eigenvalue weighted by Crippen LogP contribution is 2.25. The average molecular weight is 412 g/mol. The monoisotopic (exact) mass is 412 g/mol. The number of benzene rings is 2. The van der Waals surface area contributed by atoms with Crippen molar-refractivity contribution in [2.45, 2.75) is 20.0 Å². The van der Waals surface area contributed by atoms with Gasteiger partial charge in [-0.3, -0.25) is 14.9 Å². The molecule has 0 fully saturated rings. The van der Waals surface area contributed by atoms with Gasteiger partial charge in [-0.05, 0) is 55.8 Å². The Hall–Kier alpha value is -4.01. The van der Waals surface area contributed by atoms with Gasteiger partial charge in [0, 0.05) is 23.4 Å². The van der Waals surface area contributed by atoms with Crippen LogP contribution in [0.4, 0.5) is 15.8 Å². The average Bonchev–Trinajstić information content (AvgIpc) is 3.21. The lowest BCUT2D eigenvalue weighted by atomic mass is 10.1. The minimum Gasteiger partial charge on any atom is -0.449 e. The summed E-state index contributed by atoms with van der Waals surface area (Å²) in [7, 11) is 0. The molecule has 0 spiro atoms. The van der Waals surface area contributed by atoms with Crippen LogP contribution in [-0.2, 0) is 9.53 Å². The highest BCUT2D eigenvalue weighted by Gasteiger charge is 2.22. The predicted molar refractivity (Wildman–Crippen MR) is 105 cm³/mol. The van der Waals surface area contributed by atoms with Gasteiger partial charge in [0.1, 0.15) is 11.6 Å². The molecular formula is C21H17FN2O6. The Labute approximate surface area is 170 Å². The molecule has 3 aromatic rings. The zero-order valence-corrected chi connectivity index (χ0v) is 16.0. The molecule has 1 heterocycles. The van der Waals surface area contributed by atoms with Crippen LogP contribution < -0.4 is 5.32 Å². The van der Waals surface area contributed by atoms with Gasteiger partial charge >= 0.3 is 5.97 Å². The Morgan fingerprint density at radius 2 is 1.83 bits per heavy atom. The molecule has 1 atom stereocenters. The number of ether oxygens (including phenoxy) is 1. The standard InChI is InChI=1S/C21H17FN2O6/c1-12-3-6-15(11-17(12)22)23-20(25)13(2)29-21(26)19-10-9-18(30-19)14-4-7-16(8-5-14)24(27)28/h3-11,13H,1-2H3,(H,23,25)/t13-/m0/s1. The highest BCUT2D eigenvalue weighted by atomic mass is 19.1. The first-order chi connectivity index (χ1) is 14.2. The third-order valence-corrected chi connectivity index (χ3v) is 4.26. The first kappa shape index (κ1) is 20.7. The molecule has 0 aliphatic heterocycles. The Morgan fingerprint density at radius 1 is 1.13 bits per heavy atom. The van der Waals surface area contributed by atoms with Crippen molar-refractivity contribution in [3.05, 3.63) is 81.9 Å². The number of rotatable bonds is 6. The number of aryl methyl sites for hydroxylation is 1. The van der Waals surface area contributed by atoms with E-state index in [2.05, 4.69) is 5.32 Å². The number of halogens is 1. The van der Waals surface area contributed by atoms with Crippen LogP contribution in [-0.4, -0.2) is 22.9 Å². The van der Waals surface area contributed by atoms with E-state index in [0.717, 1.165) is 0 Å². The molecular weight excluding hydrogens is 395 g/mol. The van der Waals surface area contributed by atoms with Gasteiger partial charge in [0.05, 0.1) is 4.92 Å². The van der Waals surface area contributed by atoms with Crippen molar-refractivity contribution in [3.63, 3.8) is 0 Å². The van der Waals surface area contributed by atoms with Gasteiger partial charge in [-0.2, -0.15) is 0 Å². The van der Waals surface area contributed by atoms with Crippen LogP contribution in [0, 0.1) is 22.9 Å². The Morgan fingerprint density at radius 3 is 2.47 bits per heavy atom. The number of nitrogens with one attached hydrogen (secondary N) is 1. The fraction of sp³-hybridized carbons (Fsp3) is 0.143. The number of nitro groups is 1. The summed E-state index contributed by atoms with van der Waals surface area (Å²) in [5.74, 6) is -1.78. The molecule has 30 heavy (non-hydrogen) atoms. The van der Waals surface area contributed by atoms with E-state index in [0.29, 0.717) is 16.9 Å². The molecule has 1 N–H and O–H groups in total. The van der Waals surface area contributed by atoms with E-state index in [4.69, 9.17) is 9.15 Å². The normalized spacial score (nSPS) is 11.6. The van der Waals surface area contributed by atoms with Crippen LogP contribution in [0.15, 0.2) is 59.0 Å². The summed E-state index contributed by atoms with van der Waals surface area (Å²) in [5, 5.41) is 13.2. The number of nitrogens with zero attached hydrogens (tertiary/aromatic N) is 1. The molecule has 0 radical (unpaired) electrons. The van der Waals surface area contributed by atoms with Crippen molar-refractivity contribution >= 4 is 23.3 Å². The number of hydrogen-bond donors (Lipinski definition) is 1. The fourth-order valence-electron chi connectivity index (χ4n) is 2.54. The second-order valence-electron chi connectivity index (χ2n) is 6.47. The van der Waals surface area contributed by atoms with Crippen LogP contribution in [0.3, 0.4) is 0 Å². The molecule has 154 valence electrons. The summed E-state index contributed by atoms with van der Waals surface area (Å²) < 4.78 is 24.1. The van der Waals surface area contributed by atoms with Gasteiger partial charge in [-0.1, -0.05) is 6.07 Å². The summed E-state index contributed by atoms with van der Waals surface area (Å²) >= 11 is 0. The van der Waals surface area contributed by atoms with Gasteiger partial charge < -0.3 is 14.5 Å². The van der Waals surface area contributed by atoms with Crippen LogP contribution in [0.25, 0.3) is 11.3 Å². The zero-order chi connectivity index (χ0) is 21.8. The van der Waals surface area contributed by atoms with Crippen molar-refractivity contribution < 1.29 is 28.1 Å². The maximum atomic E-state index is 13.6. The molecule has 0 saturated heterocycles. The number of furan rings is 1. The summed E-state index contributed by atoms with van der Waals surface area (Å²) in [4.78, 5) is 34.6. The second-order valence-corrected chi connectivity index (χ2v) is 6.47. The van der Waals surface area contributed by atoms with E-state index in [1.165, 1.54) is 61.5 Å². The van der Waals surface area contributed by atoms with Crippen LogP contribution >= 0.6 is 0 Å². The maximum absolute atomic E-state index is 13.6. The van der Waals surface area contributed by atoms with E-state index in [1.807, 2.05) is 0 Å². The van der Waals surface area contributed by atoms with Crippen molar-refractivity contribution in [1.82, 2.24) is 0 Å². The molecule has 0 saturated carbocycles. The number of hydrogen-bond acceptors (Lipinski definition) is 6. The molecule has 2 aromatic carbocycles. The first-order valence-corrected chi connectivity index (χ1v) is 8.87. The van der Waals surface area contributed by atoms with Crippen LogP contribution in [0.5, 0.6) is 0 Å². The number of esters is 1. The van der Waals surface area contributed by atoms with Gasteiger partial charge in [-0.25, -0.2) is 9.18 Å². The van der Waals surface area contributed by atoms with Gasteiger partial charge in [0.15, 0.2) is 6.10 Å². The minimum absolute atomic E-state index is 0.0711. The lowest BCUT2D eigenvalue weighted by molar-refractivity contribution is -0.384. The topological polar surface area (TPSA) is 112 Å². The van der Waals surface area contributed by atoms with Crippen molar-refractivity contribution in [3.8, 4) is 11.3 Å². The third kappa shape index (κ3) is 4.69. The zero-order valence-electron chi connectivity index (χ0n) is 16.0. The van der Waals surface area contributed by atoms with Gasteiger partial charge in [0.25, 0.3) is 11.6 Å². The largest absolute Gasteiger partial charge is 0.449 e. The summed E-state index contributed by atoms with van der Waals surface area (Å²) in [6.07, 6.45) is -1.16. The number of non-ortho nitro benzene ring substituents is 1. The lowest BCUT2D eigenvalue weighted by Crippen LogP contribution is -2.29. The first-order valence-electron chi connectivity index (χ1n) is 8.87. The van der Waals surface area contributed by atoms with Crippen molar-refractivity contribution in [2.24, 2.45) is 0 Å². The molecule has 9 heteroatoms. The van der Waals surface area contributed by atoms with E-state index >= 15 is 0 Å². The van der Waals surface area contributed by atoms with E-state index < -0.39 is 28.7 Å². The minimum atomic E-state index is -1.16. The van der Waals surface area contributed by atoms with E-state index in [-0.39, 0.29) is 17.1 Å². The Bertz CT molecular complexity index is 1110. The van der Waals surface area contributed by atoms with Crippen LogP contribution in [0.2, 0.25) is 0 Å². The summed E-state index contributed by atoms with van der Waals surface area (Å²) in [6.45, 7) is 2.97. The number of amides is 1. The number of carbonyl (C=O) groups is 2. The van der Waals surface area contributed by atoms with E-state index in [1.54, 1.807) is 6.92 Å². The smallest absolute Gasteiger partial charge is 0.375 e.